The maximum absolute atomic E-state index is 12.0. The Balaban J connectivity index is 1.75. The van der Waals surface area contributed by atoms with E-state index in [9.17, 15) is 13.2 Å². The summed E-state index contributed by atoms with van der Waals surface area (Å²) in [6, 6.07) is 12.4. The van der Waals surface area contributed by atoms with Crippen molar-refractivity contribution < 1.29 is 13.2 Å². The number of amides is 1. The van der Waals surface area contributed by atoms with Crippen molar-refractivity contribution in [1.29, 1.82) is 0 Å². The van der Waals surface area contributed by atoms with E-state index in [2.05, 4.69) is 10.0 Å². The fourth-order valence-electron chi connectivity index (χ4n) is 2.06. The molecule has 1 unspecified atom stereocenters. The zero-order valence-electron chi connectivity index (χ0n) is 12.9. The van der Waals surface area contributed by atoms with E-state index in [1.165, 1.54) is 18.6 Å². The number of thiophene rings is 1. The third-order valence-electron chi connectivity index (χ3n) is 3.27. The fourth-order valence-corrected chi connectivity index (χ4v) is 4.28. The van der Waals surface area contributed by atoms with Gasteiger partial charge < -0.3 is 5.32 Å². The Morgan fingerprint density at radius 2 is 1.91 bits per heavy atom. The molecule has 2 rings (SSSR count). The summed E-state index contributed by atoms with van der Waals surface area (Å²) in [4.78, 5) is 12.0. The molecule has 1 atom stereocenters. The smallest absolute Gasteiger partial charge is 0.250 e. The summed E-state index contributed by atoms with van der Waals surface area (Å²) in [7, 11) is -3.63. The van der Waals surface area contributed by atoms with E-state index in [4.69, 9.17) is 0 Å². The largest absolute Gasteiger partial charge is 0.355 e. The van der Waals surface area contributed by atoms with Crippen LogP contribution in [0.15, 0.2) is 52.1 Å². The molecule has 1 amide bonds. The van der Waals surface area contributed by atoms with E-state index < -0.39 is 16.1 Å². The molecule has 2 aromatic rings. The minimum absolute atomic E-state index is 0.209. The van der Waals surface area contributed by atoms with E-state index in [-0.39, 0.29) is 10.1 Å². The van der Waals surface area contributed by atoms with Crippen LogP contribution in [0.4, 0.5) is 0 Å². The van der Waals surface area contributed by atoms with Crippen LogP contribution >= 0.6 is 11.3 Å². The minimum atomic E-state index is -3.63. The Morgan fingerprint density at radius 3 is 2.57 bits per heavy atom. The Hall–Kier alpha value is -1.70. The molecule has 0 aliphatic rings. The summed E-state index contributed by atoms with van der Waals surface area (Å²) in [5, 5.41) is 4.44. The molecule has 1 aromatic heterocycles. The number of aryl methyl sites for hydroxylation is 1. The molecule has 7 heteroatoms. The number of benzene rings is 1. The highest BCUT2D eigenvalue weighted by Crippen LogP contribution is 2.15. The van der Waals surface area contributed by atoms with Crippen LogP contribution in [-0.4, -0.2) is 26.9 Å². The Labute approximate surface area is 140 Å². The van der Waals surface area contributed by atoms with Gasteiger partial charge in [-0.1, -0.05) is 36.4 Å². The van der Waals surface area contributed by atoms with Gasteiger partial charge in [0, 0.05) is 6.54 Å². The van der Waals surface area contributed by atoms with Gasteiger partial charge in [0.2, 0.25) is 5.91 Å². The lowest BCUT2D eigenvalue weighted by Gasteiger charge is -2.13. The maximum atomic E-state index is 12.0. The molecular formula is C16H20N2O3S2. The van der Waals surface area contributed by atoms with Crippen LogP contribution < -0.4 is 10.0 Å². The second-order valence-electron chi connectivity index (χ2n) is 5.16. The third-order valence-corrected chi connectivity index (χ3v) is 6.21. The van der Waals surface area contributed by atoms with Gasteiger partial charge in [-0.3, -0.25) is 4.79 Å². The molecule has 0 radical (unpaired) electrons. The molecule has 0 saturated heterocycles. The lowest BCUT2D eigenvalue weighted by atomic mass is 10.1. The highest BCUT2D eigenvalue weighted by Gasteiger charge is 2.22. The highest BCUT2D eigenvalue weighted by molar-refractivity contribution is 7.91. The maximum Gasteiger partial charge on any atom is 0.250 e. The third kappa shape index (κ3) is 5.46. The van der Waals surface area contributed by atoms with Crippen molar-refractivity contribution in [1.82, 2.24) is 10.0 Å². The minimum Gasteiger partial charge on any atom is -0.355 e. The number of hydrogen-bond acceptors (Lipinski definition) is 4. The Morgan fingerprint density at radius 1 is 1.17 bits per heavy atom. The summed E-state index contributed by atoms with van der Waals surface area (Å²) in [5.41, 5.74) is 1.22. The first-order valence-electron chi connectivity index (χ1n) is 7.36. The quantitative estimate of drug-likeness (QED) is 0.715. The second kappa shape index (κ2) is 8.24. The predicted octanol–water partition coefficient (Wildman–Crippen LogP) is 2.16. The number of carbonyl (C=O) groups is 1. The molecule has 0 aliphatic carbocycles. The normalized spacial score (nSPS) is 12.7. The van der Waals surface area contributed by atoms with E-state index in [1.807, 2.05) is 30.3 Å². The van der Waals surface area contributed by atoms with Gasteiger partial charge >= 0.3 is 0 Å². The van der Waals surface area contributed by atoms with E-state index in [1.54, 1.807) is 11.4 Å². The molecule has 23 heavy (non-hydrogen) atoms. The molecule has 0 fully saturated rings. The number of carbonyl (C=O) groups excluding carboxylic acids is 1. The Kier molecular flexibility index (Phi) is 6.32. The van der Waals surface area contributed by atoms with Crippen molar-refractivity contribution in [3.63, 3.8) is 0 Å². The first kappa shape index (κ1) is 17.7. The molecule has 1 aromatic carbocycles. The standard InChI is InChI=1S/C16H20N2O3S2/c1-13(18-23(20,21)15-10-6-12-22-15)16(19)17-11-5-9-14-7-3-2-4-8-14/h2-4,6-8,10,12-13,18H,5,9,11H2,1H3,(H,17,19). The van der Waals surface area contributed by atoms with Gasteiger partial charge in [-0.15, -0.1) is 11.3 Å². The first-order valence-corrected chi connectivity index (χ1v) is 9.73. The van der Waals surface area contributed by atoms with Gasteiger partial charge in [0.1, 0.15) is 4.21 Å². The molecule has 1 heterocycles. The van der Waals surface area contributed by atoms with E-state index in [0.29, 0.717) is 6.54 Å². The summed E-state index contributed by atoms with van der Waals surface area (Å²) < 4.78 is 26.7. The number of rotatable bonds is 8. The molecule has 0 saturated carbocycles. The number of sulfonamides is 1. The number of hydrogen-bond donors (Lipinski definition) is 2. The topological polar surface area (TPSA) is 75.3 Å². The highest BCUT2D eigenvalue weighted by atomic mass is 32.2. The van der Waals surface area contributed by atoms with Crippen LogP contribution in [0.1, 0.15) is 18.9 Å². The van der Waals surface area contributed by atoms with Crippen molar-refractivity contribution in [2.24, 2.45) is 0 Å². The lowest BCUT2D eigenvalue weighted by molar-refractivity contribution is -0.122. The van der Waals surface area contributed by atoms with Crippen LogP contribution in [0.3, 0.4) is 0 Å². The van der Waals surface area contributed by atoms with Crippen LogP contribution in [0, 0.1) is 0 Å². The van der Waals surface area contributed by atoms with Crippen LogP contribution in [-0.2, 0) is 21.2 Å². The molecule has 0 aliphatic heterocycles. The first-order chi connectivity index (χ1) is 11.0. The van der Waals surface area contributed by atoms with Crippen molar-refractivity contribution in [3.8, 4) is 0 Å². The molecule has 5 nitrogen and oxygen atoms in total. The monoisotopic (exact) mass is 352 g/mol. The lowest BCUT2D eigenvalue weighted by Crippen LogP contribution is -2.44. The molecule has 2 N–H and O–H groups in total. The summed E-state index contributed by atoms with van der Waals surface area (Å²) in [6.45, 7) is 2.05. The number of nitrogens with one attached hydrogen (secondary N) is 2. The summed E-state index contributed by atoms with van der Waals surface area (Å²) in [6.07, 6.45) is 1.68. The Bertz CT molecular complexity index is 713. The van der Waals surface area contributed by atoms with Gasteiger partial charge in [0.15, 0.2) is 0 Å². The van der Waals surface area contributed by atoms with E-state index in [0.717, 1.165) is 24.2 Å². The van der Waals surface area contributed by atoms with Gasteiger partial charge in [-0.05, 0) is 36.8 Å². The van der Waals surface area contributed by atoms with E-state index >= 15 is 0 Å². The zero-order valence-corrected chi connectivity index (χ0v) is 14.5. The van der Waals surface area contributed by atoms with Gasteiger partial charge in [-0.25, -0.2) is 8.42 Å². The van der Waals surface area contributed by atoms with Crippen molar-refractivity contribution in [3.05, 3.63) is 53.4 Å². The SMILES string of the molecule is CC(NS(=O)(=O)c1cccs1)C(=O)NCCCc1ccccc1. The molecule has 0 bridgehead atoms. The zero-order chi connectivity index (χ0) is 16.7. The second-order valence-corrected chi connectivity index (χ2v) is 8.04. The molecule has 124 valence electrons. The fraction of sp³-hybridized carbons (Fsp3) is 0.312. The van der Waals surface area contributed by atoms with Crippen molar-refractivity contribution in [2.45, 2.75) is 30.0 Å². The van der Waals surface area contributed by atoms with Crippen molar-refractivity contribution in [2.75, 3.05) is 6.54 Å². The summed E-state index contributed by atoms with van der Waals surface area (Å²) >= 11 is 1.12. The van der Waals surface area contributed by atoms with Crippen LogP contribution in [0.2, 0.25) is 0 Å². The van der Waals surface area contributed by atoms with Crippen LogP contribution in [0.25, 0.3) is 0 Å². The average molecular weight is 352 g/mol. The van der Waals surface area contributed by atoms with Gasteiger partial charge in [0.05, 0.1) is 6.04 Å². The van der Waals surface area contributed by atoms with Crippen molar-refractivity contribution >= 4 is 27.3 Å². The molecule has 0 spiro atoms. The van der Waals surface area contributed by atoms with Crippen LogP contribution in [0.5, 0.6) is 0 Å². The predicted molar refractivity (Wildman–Crippen MR) is 91.9 cm³/mol. The average Bonchev–Trinajstić information content (AvgIpc) is 3.07. The van der Waals surface area contributed by atoms with Gasteiger partial charge in [0.25, 0.3) is 10.0 Å². The van der Waals surface area contributed by atoms with Gasteiger partial charge in [-0.2, -0.15) is 4.72 Å². The molecular weight excluding hydrogens is 332 g/mol. The summed E-state index contributed by atoms with van der Waals surface area (Å²) in [5.74, 6) is -0.321.